The summed E-state index contributed by atoms with van der Waals surface area (Å²) in [5, 5.41) is 3.74. The molecule has 0 saturated carbocycles. The SMILES string of the molecule is ClC1=C2C=Cc3c(ccc4ccccc34)C2CCC1. The Labute approximate surface area is 118 Å². The van der Waals surface area contributed by atoms with Crippen molar-refractivity contribution in [2.45, 2.75) is 25.2 Å². The van der Waals surface area contributed by atoms with Crippen molar-refractivity contribution in [1.82, 2.24) is 0 Å². The predicted octanol–water partition coefficient (Wildman–Crippen LogP) is 5.63. The Balaban J connectivity index is 2.01. The molecule has 0 aromatic heterocycles. The van der Waals surface area contributed by atoms with E-state index < -0.39 is 0 Å². The Hall–Kier alpha value is -1.53. The molecule has 2 aromatic carbocycles. The van der Waals surface area contributed by atoms with E-state index in [-0.39, 0.29) is 0 Å². The van der Waals surface area contributed by atoms with Crippen molar-refractivity contribution >= 4 is 28.4 Å². The summed E-state index contributed by atoms with van der Waals surface area (Å²) in [7, 11) is 0. The Morgan fingerprint density at radius 1 is 1.00 bits per heavy atom. The lowest BCUT2D eigenvalue weighted by atomic mass is 9.76. The molecular formula is C18H15Cl. The number of hydrogen-bond donors (Lipinski definition) is 0. The minimum atomic E-state index is 0.505. The van der Waals surface area contributed by atoms with Crippen molar-refractivity contribution < 1.29 is 0 Å². The van der Waals surface area contributed by atoms with Crippen LogP contribution in [0, 0.1) is 0 Å². The van der Waals surface area contributed by atoms with Gasteiger partial charge in [0.25, 0.3) is 0 Å². The summed E-state index contributed by atoms with van der Waals surface area (Å²) in [5.41, 5.74) is 4.18. The van der Waals surface area contributed by atoms with E-state index >= 15 is 0 Å². The zero-order valence-corrected chi connectivity index (χ0v) is 11.5. The zero-order chi connectivity index (χ0) is 12.8. The van der Waals surface area contributed by atoms with Crippen molar-refractivity contribution in [2.75, 3.05) is 0 Å². The molecule has 94 valence electrons. The third-order valence-electron chi connectivity index (χ3n) is 4.39. The molecule has 1 heteroatoms. The van der Waals surface area contributed by atoms with Gasteiger partial charge in [0, 0.05) is 11.0 Å². The summed E-state index contributed by atoms with van der Waals surface area (Å²) < 4.78 is 0. The molecule has 2 aromatic rings. The lowest BCUT2D eigenvalue weighted by molar-refractivity contribution is 0.625. The van der Waals surface area contributed by atoms with E-state index in [0.29, 0.717) is 5.92 Å². The summed E-state index contributed by atoms with van der Waals surface area (Å²) in [6.07, 6.45) is 7.95. The maximum atomic E-state index is 6.40. The summed E-state index contributed by atoms with van der Waals surface area (Å²) in [5.74, 6) is 0.505. The van der Waals surface area contributed by atoms with E-state index in [1.54, 1.807) is 0 Å². The fourth-order valence-corrected chi connectivity index (χ4v) is 3.78. The standard InChI is InChI=1S/C18H15Cl/c19-18-7-3-6-14-16-9-8-12-4-1-2-5-13(12)15(16)10-11-17(14)18/h1-2,4-5,8-11,14H,3,6-7H2. The second-order valence-corrected chi connectivity index (χ2v) is 5.88. The lowest BCUT2D eigenvalue weighted by Gasteiger charge is -2.30. The summed E-state index contributed by atoms with van der Waals surface area (Å²) in [4.78, 5) is 0. The Morgan fingerprint density at radius 2 is 1.89 bits per heavy atom. The highest BCUT2D eigenvalue weighted by Crippen LogP contribution is 2.45. The molecule has 2 aliphatic carbocycles. The second kappa shape index (κ2) is 4.25. The fraction of sp³-hybridized carbons (Fsp3) is 0.222. The van der Waals surface area contributed by atoms with E-state index in [0.717, 1.165) is 11.5 Å². The first kappa shape index (κ1) is 11.3. The Kier molecular flexibility index (Phi) is 2.53. The van der Waals surface area contributed by atoms with E-state index in [1.165, 1.54) is 40.3 Å². The predicted molar refractivity (Wildman–Crippen MR) is 82.5 cm³/mol. The number of halogens is 1. The first-order valence-corrected chi connectivity index (χ1v) is 7.30. The summed E-state index contributed by atoms with van der Waals surface area (Å²) in [6, 6.07) is 13.2. The van der Waals surface area contributed by atoms with Crippen LogP contribution in [0.2, 0.25) is 0 Å². The number of hydrogen-bond acceptors (Lipinski definition) is 0. The zero-order valence-electron chi connectivity index (χ0n) is 10.7. The molecule has 1 atom stereocenters. The van der Waals surface area contributed by atoms with Crippen LogP contribution in [0.25, 0.3) is 16.8 Å². The molecule has 0 radical (unpaired) electrons. The molecule has 19 heavy (non-hydrogen) atoms. The maximum Gasteiger partial charge on any atom is 0.0219 e. The van der Waals surface area contributed by atoms with Crippen LogP contribution in [-0.4, -0.2) is 0 Å². The average Bonchev–Trinajstić information content (AvgIpc) is 2.47. The van der Waals surface area contributed by atoms with Gasteiger partial charge in [0.15, 0.2) is 0 Å². The fourth-order valence-electron chi connectivity index (χ4n) is 3.46. The molecule has 0 saturated heterocycles. The molecule has 0 bridgehead atoms. The molecule has 4 rings (SSSR count). The average molecular weight is 267 g/mol. The number of rotatable bonds is 0. The topological polar surface area (TPSA) is 0 Å². The smallest absolute Gasteiger partial charge is 0.0219 e. The molecule has 0 spiro atoms. The van der Waals surface area contributed by atoms with Gasteiger partial charge in [-0.15, -0.1) is 0 Å². The first-order chi connectivity index (χ1) is 9.34. The summed E-state index contributed by atoms with van der Waals surface area (Å²) >= 11 is 6.40. The van der Waals surface area contributed by atoms with Crippen LogP contribution >= 0.6 is 11.6 Å². The van der Waals surface area contributed by atoms with E-state index in [1.807, 2.05) is 0 Å². The van der Waals surface area contributed by atoms with Crippen LogP contribution < -0.4 is 0 Å². The number of benzene rings is 2. The molecular weight excluding hydrogens is 252 g/mol. The van der Waals surface area contributed by atoms with Crippen LogP contribution in [-0.2, 0) is 0 Å². The second-order valence-electron chi connectivity index (χ2n) is 5.43. The van der Waals surface area contributed by atoms with Gasteiger partial charge in [-0.05, 0) is 46.7 Å². The van der Waals surface area contributed by atoms with Crippen molar-refractivity contribution in [2.24, 2.45) is 0 Å². The van der Waals surface area contributed by atoms with Gasteiger partial charge in [-0.2, -0.15) is 0 Å². The maximum absolute atomic E-state index is 6.40. The molecule has 2 aliphatic rings. The highest BCUT2D eigenvalue weighted by Gasteiger charge is 2.26. The molecule has 0 amide bonds. The van der Waals surface area contributed by atoms with E-state index in [2.05, 4.69) is 48.6 Å². The molecule has 0 aliphatic heterocycles. The Morgan fingerprint density at radius 3 is 2.84 bits per heavy atom. The highest BCUT2D eigenvalue weighted by atomic mass is 35.5. The molecule has 0 fully saturated rings. The van der Waals surface area contributed by atoms with Gasteiger partial charge in [-0.3, -0.25) is 0 Å². The number of fused-ring (bicyclic) bond motifs is 5. The monoisotopic (exact) mass is 266 g/mol. The van der Waals surface area contributed by atoms with Gasteiger partial charge in [-0.1, -0.05) is 60.2 Å². The van der Waals surface area contributed by atoms with E-state index in [4.69, 9.17) is 11.6 Å². The molecule has 0 heterocycles. The quantitative estimate of drug-likeness (QED) is 0.580. The first-order valence-electron chi connectivity index (χ1n) is 6.93. The van der Waals surface area contributed by atoms with Crippen LogP contribution in [0.4, 0.5) is 0 Å². The van der Waals surface area contributed by atoms with Crippen molar-refractivity contribution in [3.05, 3.63) is 64.2 Å². The van der Waals surface area contributed by atoms with Crippen molar-refractivity contribution in [1.29, 1.82) is 0 Å². The van der Waals surface area contributed by atoms with Gasteiger partial charge in [0.05, 0.1) is 0 Å². The Bertz CT molecular complexity index is 722. The number of allylic oxidation sites excluding steroid dienone is 3. The summed E-state index contributed by atoms with van der Waals surface area (Å²) in [6.45, 7) is 0. The molecule has 0 N–H and O–H groups in total. The van der Waals surface area contributed by atoms with Crippen LogP contribution in [0.5, 0.6) is 0 Å². The van der Waals surface area contributed by atoms with Gasteiger partial charge in [0.1, 0.15) is 0 Å². The van der Waals surface area contributed by atoms with Gasteiger partial charge in [-0.25, -0.2) is 0 Å². The van der Waals surface area contributed by atoms with Crippen molar-refractivity contribution in [3.63, 3.8) is 0 Å². The third kappa shape index (κ3) is 1.67. The highest BCUT2D eigenvalue weighted by molar-refractivity contribution is 6.30. The largest absolute Gasteiger partial charge is 0.0888 e. The third-order valence-corrected chi connectivity index (χ3v) is 4.79. The van der Waals surface area contributed by atoms with Gasteiger partial charge in [0.2, 0.25) is 0 Å². The van der Waals surface area contributed by atoms with Crippen molar-refractivity contribution in [3.8, 4) is 0 Å². The lowest BCUT2D eigenvalue weighted by Crippen LogP contribution is -2.12. The molecule has 1 unspecified atom stereocenters. The van der Waals surface area contributed by atoms with Gasteiger partial charge >= 0.3 is 0 Å². The molecule has 0 nitrogen and oxygen atoms in total. The normalized spacial score (nSPS) is 21.4. The van der Waals surface area contributed by atoms with Crippen LogP contribution in [0.3, 0.4) is 0 Å². The minimum Gasteiger partial charge on any atom is -0.0888 e. The van der Waals surface area contributed by atoms with E-state index in [9.17, 15) is 0 Å². The minimum absolute atomic E-state index is 0.505. The van der Waals surface area contributed by atoms with Crippen LogP contribution in [0.15, 0.2) is 53.1 Å². The van der Waals surface area contributed by atoms with Crippen LogP contribution in [0.1, 0.15) is 36.3 Å². The van der Waals surface area contributed by atoms with Gasteiger partial charge < -0.3 is 0 Å².